The molecule has 20 heavy (non-hydrogen) atoms. The van der Waals surface area contributed by atoms with Gasteiger partial charge in [-0.25, -0.2) is 0 Å². The highest BCUT2D eigenvalue weighted by Gasteiger charge is 2.12. The average molecular weight is 278 g/mol. The summed E-state index contributed by atoms with van der Waals surface area (Å²) in [6.45, 7) is 6.04. The van der Waals surface area contributed by atoms with E-state index in [1.165, 1.54) is 0 Å². The molecule has 0 saturated heterocycles. The molecule has 0 unspecified atom stereocenters. The predicted molar refractivity (Wildman–Crippen MR) is 78.7 cm³/mol. The van der Waals surface area contributed by atoms with E-state index in [4.69, 9.17) is 9.47 Å². The van der Waals surface area contributed by atoms with Gasteiger partial charge in [0.05, 0.1) is 12.2 Å². The van der Waals surface area contributed by atoms with Crippen LogP contribution in [-0.2, 0) is 4.74 Å². The standard InChI is InChI=1S/C15H22N2O3/c1-2-19-8-3-6-16-11-14(18)12-4-5-15-13(10-12)17-7-9-20-15/h4-5,10,16-17H,2-3,6-9,11H2,1H3. The predicted octanol–water partition coefficient (Wildman–Crippen LogP) is 1.69. The van der Waals surface area contributed by atoms with Crippen molar-refractivity contribution in [2.45, 2.75) is 13.3 Å². The Morgan fingerprint density at radius 3 is 3.25 bits per heavy atom. The Balaban J connectivity index is 1.77. The number of benzene rings is 1. The van der Waals surface area contributed by atoms with Gasteiger partial charge in [-0.05, 0) is 38.1 Å². The van der Waals surface area contributed by atoms with Crippen LogP contribution >= 0.6 is 0 Å². The van der Waals surface area contributed by atoms with E-state index in [9.17, 15) is 4.79 Å². The van der Waals surface area contributed by atoms with Crippen LogP contribution in [0.2, 0.25) is 0 Å². The van der Waals surface area contributed by atoms with Crippen LogP contribution in [0.25, 0.3) is 0 Å². The van der Waals surface area contributed by atoms with Crippen molar-refractivity contribution in [1.82, 2.24) is 5.32 Å². The van der Waals surface area contributed by atoms with Crippen LogP contribution in [0.5, 0.6) is 5.75 Å². The lowest BCUT2D eigenvalue weighted by Crippen LogP contribution is -2.25. The fourth-order valence-electron chi connectivity index (χ4n) is 2.06. The Hall–Kier alpha value is -1.59. The minimum absolute atomic E-state index is 0.0941. The SMILES string of the molecule is CCOCCCNCC(=O)c1ccc2c(c1)NCCO2. The number of carbonyl (C=O) groups excluding carboxylic acids is 1. The molecular formula is C15H22N2O3. The largest absolute Gasteiger partial charge is 0.490 e. The van der Waals surface area contributed by atoms with Gasteiger partial charge in [-0.15, -0.1) is 0 Å². The van der Waals surface area contributed by atoms with Gasteiger partial charge in [0.15, 0.2) is 5.78 Å². The highest BCUT2D eigenvalue weighted by molar-refractivity contribution is 5.98. The van der Waals surface area contributed by atoms with E-state index in [2.05, 4.69) is 10.6 Å². The summed E-state index contributed by atoms with van der Waals surface area (Å²) >= 11 is 0. The number of fused-ring (bicyclic) bond motifs is 1. The molecule has 0 aliphatic carbocycles. The monoisotopic (exact) mass is 278 g/mol. The van der Waals surface area contributed by atoms with Crippen molar-refractivity contribution < 1.29 is 14.3 Å². The topological polar surface area (TPSA) is 59.6 Å². The highest BCUT2D eigenvalue weighted by atomic mass is 16.5. The molecule has 0 radical (unpaired) electrons. The van der Waals surface area contributed by atoms with Crippen molar-refractivity contribution in [3.8, 4) is 5.75 Å². The van der Waals surface area contributed by atoms with Crippen molar-refractivity contribution >= 4 is 11.5 Å². The quantitative estimate of drug-likeness (QED) is 0.560. The highest BCUT2D eigenvalue weighted by Crippen LogP contribution is 2.28. The first-order valence-corrected chi connectivity index (χ1v) is 7.13. The fraction of sp³-hybridized carbons (Fsp3) is 0.533. The first kappa shape index (κ1) is 14.8. The molecule has 0 amide bonds. The van der Waals surface area contributed by atoms with Gasteiger partial charge in [-0.2, -0.15) is 0 Å². The maximum absolute atomic E-state index is 12.1. The summed E-state index contributed by atoms with van der Waals surface area (Å²) in [6, 6.07) is 5.53. The van der Waals surface area contributed by atoms with Crippen molar-refractivity contribution in [2.75, 3.05) is 44.8 Å². The second kappa shape index (κ2) is 7.87. The molecule has 2 N–H and O–H groups in total. The number of carbonyl (C=O) groups is 1. The third-order valence-electron chi connectivity index (χ3n) is 3.11. The van der Waals surface area contributed by atoms with E-state index < -0.39 is 0 Å². The lowest BCUT2D eigenvalue weighted by atomic mass is 10.1. The van der Waals surface area contributed by atoms with Crippen molar-refractivity contribution in [3.63, 3.8) is 0 Å². The van der Waals surface area contributed by atoms with Crippen molar-refractivity contribution in [2.24, 2.45) is 0 Å². The van der Waals surface area contributed by atoms with E-state index in [1.54, 1.807) is 0 Å². The first-order chi connectivity index (χ1) is 9.81. The molecule has 1 aromatic carbocycles. The van der Waals surface area contributed by atoms with Gasteiger partial charge in [-0.1, -0.05) is 0 Å². The van der Waals surface area contributed by atoms with Gasteiger partial charge in [0.1, 0.15) is 12.4 Å². The van der Waals surface area contributed by atoms with Crippen molar-refractivity contribution in [1.29, 1.82) is 0 Å². The Labute approximate surface area is 119 Å². The maximum Gasteiger partial charge on any atom is 0.176 e. The molecule has 1 aliphatic rings. The Kier molecular flexibility index (Phi) is 5.83. The molecule has 0 spiro atoms. The van der Waals surface area contributed by atoms with E-state index in [0.717, 1.165) is 44.2 Å². The van der Waals surface area contributed by atoms with Crippen LogP contribution in [0.3, 0.4) is 0 Å². The number of hydrogen-bond donors (Lipinski definition) is 2. The number of rotatable bonds is 8. The van der Waals surface area contributed by atoms with E-state index >= 15 is 0 Å². The molecule has 5 heteroatoms. The summed E-state index contributed by atoms with van der Waals surface area (Å²) in [5, 5.41) is 6.38. The van der Waals surface area contributed by atoms with Gasteiger partial charge >= 0.3 is 0 Å². The van der Waals surface area contributed by atoms with Crippen LogP contribution in [-0.4, -0.2) is 45.2 Å². The molecule has 110 valence electrons. The molecular weight excluding hydrogens is 256 g/mol. The third-order valence-corrected chi connectivity index (χ3v) is 3.11. The number of ether oxygens (including phenoxy) is 2. The van der Waals surface area contributed by atoms with Gasteiger partial charge in [0, 0.05) is 25.3 Å². The van der Waals surface area contributed by atoms with Gasteiger partial charge in [-0.3, -0.25) is 4.79 Å². The van der Waals surface area contributed by atoms with Crippen LogP contribution < -0.4 is 15.4 Å². The maximum atomic E-state index is 12.1. The van der Waals surface area contributed by atoms with Crippen LogP contribution in [0.4, 0.5) is 5.69 Å². The van der Waals surface area contributed by atoms with Gasteiger partial charge in [0.2, 0.25) is 0 Å². The molecule has 0 fully saturated rings. The molecule has 0 atom stereocenters. The van der Waals surface area contributed by atoms with Gasteiger partial charge < -0.3 is 20.1 Å². The summed E-state index contributed by atoms with van der Waals surface area (Å²) in [5.41, 5.74) is 1.61. The minimum atomic E-state index is 0.0941. The normalized spacial score (nSPS) is 13.2. The Bertz CT molecular complexity index is 449. The number of nitrogens with one attached hydrogen (secondary N) is 2. The second-order valence-electron chi connectivity index (χ2n) is 4.64. The van der Waals surface area contributed by atoms with Crippen LogP contribution in [0.1, 0.15) is 23.7 Å². The smallest absolute Gasteiger partial charge is 0.176 e. The first-order valence-electron chi connectivity index (χ1n) is 7.13. The number of anilines is 1. The molecule has 0 aromatic heterocycles. The summed E-state index contributed by atoms with van der Waals surface area (Å²) in [5.74, 6) is 0.911. The number of Topliss-reactive ketones (excluding diaryl/α,β-unsaturated/α-hetero) is 1. The third kappa shape index (κ3) is 4.21. The Morgan fingerprint density at radius 1 is 1.50 bits per heavy atom. The number of hydrogen-bond acceptors (Lipinski definition) is 5. The lowest BCUT2D eigenvalue weighted by Gasteiger charge is -2.19. The molecule has 1 aromatic rings. The molecule has 2 rings (SSSR count). The second-order valence-corrected chi connectivity index (χ2v) is 4.64. The Morgan fingerprint density at radius 2 is 2.40 bits per heavy atom. The summed E-state index contributed by atoms with van der Waals surface area (Å²) in [7, 11) is 0. The van der Waals surface area contributed by atoms with Crippen molar-refractivity contribution in [3.05, 3.63) is 23.8 Å². The minimum Gasteiger partial charge on any atom is -0.490 e. The molecule has 1 heterocycles. The number of ketones is 1. The van der Waals surface area contributed by atoms with E-state index in [1.807, 2.05) is 25.1 Å². The van der Waals surface area contributed by atoms with Gasteiger partial charge in [0.25, 0.3) is 0 Å². The fourth-order valence-corrected chi connectivity index (χ4v) is 2.06. The summed E-state index contributed by atoms with van der Waals surface area (Å²) < 4.78 is 10.7. The molecule has 0 saturated carbocycles. The zero-order valence-electron chi connectivity index (χ0n) is 11.9. The van der Waals surface area contributed by atoms with E-state index in [-0.39, 0.29) is 5.78 Å². The lowest BCUT2D eigenvalue weighted by molar-refractivity contribution is 0.0988. The zero-order valence-corrected chi connectivity index (χ0v) is 11.9. The zero-order chi connectivity index (χ0) is 14.2. The summed E-state index contributed by atoms with van der Waals surface area (Å²) in [6.07, 6.45) is 0.917. The molecule has 1 aliphatic heterocycles. The molecule has 0 bridgehead atoms. The average Bonchev–Trinajstić information content (AvgIpc) is 2.50. The summed E-state index contributed by atoms with van der Waals surface area (Å²) in [4.78, 5) is 12.1. The van der Waals surface area contributed by atoms with E-state index in [0.29, 0.717) is 18.7 Å². The van der Waals surface area contributed by atoms with Crippen LogP contribution in [0, 0.1) is 0 Å². The van der Waals surface area contributed by atoms with Crippen LogP contribution in [0.15, 0.2) is 18.2 Å². The molecule has 5 nitrogen and oxygen atoms in total.